The van der Waals surface area contributed by atoms with Gasteiger partial charge in [0, 0.05) is 284 Å². The van der Waals surface area contributed by atoms with E-state index in [1.54, 1.807) is 108 Å². The Hall–Kier alpha value is -14.9. The zero-order valence-electron chi connectivity index (χ0n) is 77.1. The molecule has 5 saturated heterocycles. The number of aliphatic hydroxyl groups excluding tert-OH is 1. The van der Waals surface area contributed by atoms with Crippen LogP contribution in [0.2, 0.25) is 20.1 Å². The van der Waals surface area contributed by atoms with Gasteiger partial charge in [0.15, 0.2) is 0 Å². The average molecular weight is 1990 g/mol. The predicted octanol–water partition coefficient (Wildman–Crippen LogP) is 13.5. The Bertz CT molecular complexity index is 8490. The van der Waals surface area contributed by atoms with E-state index in [-0.39, 0.29) is 23.1 Å². The maximum absolute atomic E-state index is 14.9. The Kier molecular flexibility index (Phi) is 26.3. The van der Waals surface area contributed by atoms with E-state index in [9.17, 15) is 28.4 Å². The number of nitrogens with one attached hydrogen (secondary N) is 3. The van der Waals surface area contributed by atoms with Crippen LogP contribution in [0.1, 0.15) is 20.8 Å². The fraction of sp³-hybridized carbons (Fsp3) is 0.257. The Morgan fingerprint density at radius 1 is 0.373 bits per heavy atom. The van der Waals surface area contributed by atoms with E-state index < -0.39 is 33.9 Å². The first-order valence-electron chi connectivity index (χ1n) is 46.3. The summed E-state index contributed by atoms with van der Waals surface area (Å²) in [7, 11) is 2.06. The molecular formula is C101H92Cl4FN25O11. The minimum absolute atomic E-state index is 0.179. The fourth-order valence-corrected chi connectivity index (χ4v) is 19.0. The summed E-state index contributed by atoms with van der Waals surface area (Å²) in [5.41, 5.74) is 9.37. The zero-order chi connectivity index (χ0) is 97.7. The van der Waals surface area contributed by atoms with Gasteiger partial charge in [0.05, 0.1) is 113 Å². The molecule has 0 saturated carbocycles. The molecule has 41 heteroatoms. The third kappa shape index (κ3) is 20.2. The maximum Gasteiger partial charge on any atom is 0.345 e. The highest BCUT2D eigenvalue weighted by Gasteiger charge is 2.28. The normalized spacial score (nSPS) is 16.7. The highest BCUT2D eigenvalue weighted by atomic mass is 35.5. The second-order valence-electron chi connectivity index (χ2n) is 35.6. The molecule has 3 atom stereocenters. The molecule has 142 heavy (non-hydrogen) atoms. The predicted molar refractivity (Wildman–Crippen MR) is 547 cm³/mol. The van der Waals surface area contributed by atoms with Crippen molar-refractivity contribution < 1.29 is 31.6 Å². The number of aromatic nitrogens is 15. The van der Waals surface area contributed by atoms with Crippen LogP contribution in [0.4, 0.5) is 32.8 Å². The second-order valence-corrected chi connectivity index (χ2v) is 37.3. The minimum Gasteiger partial charge on any atom is -0.422 e. The molecular weight excluding hydrogens is 1900 g/mol. The first kappa shape index (κ1) is 93.4. The van der Waals surface area contributed by atoms with E-state index in [4.69, 9.17) is 73.6 Å². The molecule has 0 unspecified atom stereocenters. The molecule has 0 aliphatic carbocycles. The number of piperazine rings is 5. The zero-order valence-corrected chi connectivity index (χ0v) is 80.2. The topological polar surface area (TPSA) is 381 Å². The number of nitrogens with zero attached hydrogens (tertiary/aromatic N) is 22. The first-order chi connectivity index (χ1) is 68.9. The van der Waals surface area contributed by atoms with Crippen molar-refractivity contribution in [3.05, 3.63) is 292 Å². The van der Waals surface area contributed by atoms with Crippen LogP contribution >= 0.6 is 46.4 Å². The molecule has 0 spiro atoms. The summed E-state index contributed by atoms with van der Waals surface area (Å²) in [5, 5.41) is 25.0. The summed E-state index contributed by atoms with van der Waals surface area (Å²) in [6, 6.07) is 38.8. The van der Waals surface area contributed by atoms with Crippen LogP contribution in [0.5, 0.6) is 0 Å². The summed E-state index contributed by atoms with van der Waals surface area (Å²) in [6.45, 7) is 22.7. The summed E-state index contributed by atoms with van der Waals surface area (Å²) in [5.74, 6) is 1.93. The third-order valence-corrected chi connectivity index (χ3v) is 26.3. The summed E-state index contributed by atoms with van der Waals surface area (Å²) < 4.78 is 51.3. The number of hydrogen-bond acceptors (Lipinski definition) is 31. The molecule has 5 aliphatic rings. The number of halogens is 5. The largest absolute Gasteiger partial charge is 0.422 e. The Labute approximate surface area is 826 Å². The van der Waals surface area contributed by atoms with Crippen molar-refractivity contribution in [2.24, 2.45) is 0 Å². The number of benzene rings is 5. The lowest BCUT2D eigenvalue weighted by Gasteiger charge is -2.37. The molecule has 25 rings (SSSR count). The van der Waals surface area contributed by atoms with E-state index in [0.29, 0.717) is 147 Å². The Morgan fingerprint density at radius 2 is 0.718 bits per heavy atom. The highest BCUT2D eigenvalue weighted by molar-refractivity contribution is 6.31. The average Bonchev–Trinajstić information content (AvgIpc) is 1.37. The number of β-amino-alcohol motifs (C(OH)–C–C–N with tert-alkyl or cyclic N) is 1. The van der Waals surface area contributed by atoms with Crippen LogP contribution in [-0.4, -0.2) is 236 Å². The molecule has 5 aromatic carbocycles. The lowest BCUT2D eigenvalue weighted by atomic mass is 10.1. The van der Waals surface area contributed by atoms with E-state index in [2.05, 4.69) is 146 Å². The van der Waals surface area contributed by atoms with Gasteiger partial charge in [-0.3, -0.25) is 26.9 Å². The van der Waals surface area contributed by atoms with Crippen LogP contribution in [0.25, 0.3) is 140 Å². The summed E-state index contributed by atoms with van der Waals surface area (Å²) in [6.07, 6.45) is 24.8. The molecule has 0 bridgehead atoms. The number of likely N-dealkylation sites (N-methyl/N-ethyl adjacent to an activating group) is 1. The second kappa shape index (κ2) is 40.0. The molecule has 36 nitrogen and oxygen atoms in total. The fourth-order valence-electron chi connectivity index (χ4n) is 18.4. The van der Waals surface area contributed by atoms with Gasteiger partial charge >= 0.3 is 28.1 Å². The lowest BCUT2D eigenvalue weighted by Crippen LogP contribution is -2.54. The monoisotopic (exact) mass is 1990 g/mol. The van der Waals surface area contributed by atoms with E-state index in [0.717, 1.165) is 161 Å². The van der Waals surface area contributed by atoms with Crippen molar-refractivity contribution in [1.82, 2.24) is 97.6 Å². The van der Waals surface area contributed by atoms with Crippen molar-refractivity contribution in [3.8, 4) is 56.3 Å². The van der Waals surface area contributed by atoms with Crippen LogP contribution in [0.15, 0.2) is 260 Å². The van der Waals surface area contributed by atoms with E-state index >= 15 is 0 Å². The van der Waals surface area contributed by atoms with Crippen molar-refractivity contribution in [2.45, 2.75) is 38.9 Å². The molecule has 0 amide bonds. The van der Waals surface area contributed by atoms with Crippen molar-refractivity contribution in [2.75, 3.05) is 156 Å². The lowest BCUT2D eigenvalue weighted by molar-refractivity contribution is 0.189. The van der Waals surface area contributed by atoms with Gasteiger partial charge in [0.1, 0.15) is 33.7 Å². The van der Waals surface area contributed by atoms with E-state index in [1.165, 1.54) is 36.9 Å². The minimum atomic E-state index is -0.550. The molecule has 20 heterocycles. The highest BCUT2D eigenvalue weighted by Crippen LogP contribution is 2.35. The van der Waals surface area contributed by atoms with Gasteiger partial charge < -0.3 is 72.5 Å². The maximum atomic E-state index is 14.9. The molecule has 5 aliphatic heterocycles. The van der Waals surface area contributed by atoms with Crippen LogP contribution < -0.4 is 68.6 Å². The number of fused-ring (bicyclic) bond motifs is 10. The molecule has 0 radical (unpaired) electrons. The Balaban J connectivity index is 0.000000105. The smallest absolute Gasteiger partial charge is 0.345 e. The third-order valence-electron chi connectivity index (χ3n) is 25.6. The van der Waals surface area contributed by atoms with Gasteiger partial charge in [0.25, 0.3) is 0 Å². The van der Waals surface area contributed by atoms with Gasteiger partial charge in [-0.25, -0.2) is 78.2 Å². The number of hydrogen-bond donors (Lipinski definition) is 4. The molecule has 15 aromatic heterocycles. The Morgan fingerprint density at radius 3 is 1.13 bits per heavy atom. The molecule has 4 N–H and O–H groups in total. The summed E-state index contributed by atoms with van der Waals surface area (Å²) in [4.78, 5) is 122. The van der Waals surface area contributed by atoms with E-state index in [1.807, 2.05) is 72.8 Å². The van der Waals surface area contributed by atoms with Crippen molar-refractivity contribution >= 4 is 159 Å². The molecule has 5 fully saturated rings. The molecule has 722 valence electrons. The van der Waals surface area contributed by atoms with Crippen LogP contribution in [0.3, 0.4) is 0 Å². The van der Waals surface area contributed by atoms with Gasteiger partial charge in [-0.15, -0.1) is 0 Å². The number of anilines is 5. The first-order valence-corrected chi connectivity index (χ1v) is 47.8. The van der Waals surface area contributed by atoms with Gasteiger partial charge in [-0.1, -0.05) is 46.4 Å². The number of imidazole rings is 5. The standard InChI is InChI=1S/C21H20ClN5O3.C21H20ClN5O2.C20H18ClN5O2.C20H18FN5O2.C19H16ClN5O2/c22-15-11-23-21-24-18(13-27(21)12-15)17-9-14-1-2-16(10-19(14)30-20(17)29)26-5-3-25(4-6-26)7-8-28;1-12-8-26(9-13(2)24-12)16-4-3-14-5-17(20(28)29-19(14)6-16)18-11-27-10-15(22)7-23-21(27)25-18;1-12-9-25(5-4-22-12)15-3-2-13-6-16(19(27)28-18(13)7-15)17-11-26-10-14(21)8-23-20(26)24-17;1-24-5-7-25(8-6-24)13-9-16(21)14-11-15(19(27)28-18(14)10-13)17-12-26-4-2-3-22-20(26)23-17;20-13-9-22-19-23-16(11-25(19)10-13)15-7-12-1-2-14(8-17(12)27-18(15)26)24-5-3-21-4-6-24/h1-2,9-13,28H,3-8H2;3-7,10-13,24H,8-9H2,1-2H3;2-3,6-8,10-12,22H,4-5,9H2,1H3;2-4,9-12H,5-8H2,1H3;1-2,7-11,21H,3-6H2/t;12-,13+;12-;;/m..1../s1. The van der Waals surface area contributed by atoms with Gasteiger partial charge in [-0.2, -0.15) is 0 Å². The summed E-state index contributed by atoms with van der Waals surface area (Å²) >= 11 is 23.9. The SMILES string of the molecule is CN1CCN(c2cc(F)c3cc(-c4cn5cccnc5n4)c(=O)oc3c2)CC1.C[C@@H]1CN(c2ccc3cc(-c4cn5cc(Cl)cnc5n4)c(=O)oc3c2)CCN1.C[C@@H]1CN(c2ccc3cc(-c4cn5cc(Cl)cnc5n4)c(=O)oc3c2)C[C@H](C)N1.O=c1oc2cc(N3CCN(CCO)CC3)ccc2cc1-c1cn2cc(Cl)cnc2n1.O=c1oc2cc(N3CCNCC3)ccc2cc1-c1cn2cc(Cl)cnc2n1. The van der Waals surface area contributed by atoms with Gasteiger partial charge in [0.2, 0.25) is 28.9 Å². The number of rotatable bonds is 12. The van der Waals surface area contributed by atoms with Crippen LogP contribution in [-0.2, 0) is 0 Å². The van der Waals surface area contributed by atoms with Crippen molar-refractivity contribution in [1.29, 1.82) is 0 Å². The van der Waals surface area contributed by atoms with Crippen LogP contribution in [0, 0.1) is 5.82 Å². The quantitative estimate of drug-likeness (QED) is 0.0825. The molecule has 20 aromatic rings. The van der Waals surface area contributed by atoms with Crippen molar-refractivity contribution in [3.63, 3.8) is 0 Å². The number of aliphatic hydroxyl groups is 1. The van der Waals surface area contributed by atoms with Gasteiger partial charge in [-0.05, 0) is 119 Å².